The van der Waals surface area contributed by atoms with E-state index >= 15 is 0 Å². The Bertz CT molecular complexity index is 510. The first-order valence-corrected chi connectivity index (χ1v) is 6.65. The van der Waals surface area contributed by atoms with Gasteiger partial charge in [-0.2, -0.15) is 0 Å². The molecule has 0 radical (unpaired) electrons. The molecule has 0 bridgehead atoms. The van der Waals surface area contributed by atoms with Crippen LogP contribution in [0.2, 0.25) is 5.02 Å². The third-order valence-electron chi connectivity index (χ3n) is 2.66. The molecule has 1 atom stereocenters. The van der Waals surface area contributed by atoms with Crippen molar-refractivity contribution in [3.8, 4) is 5.75 Å². The van der Waals surface area contributed by atoms with Gasteiger partial charge in [0.05, 0.1) is 19.2 Å². The highest BCUT2D eigenvalue weighted by Gasteiger charge is 2.21. The maximum Gasteiger partial charge on any atom is 0.321 e. The average Bonchev–Trinajstić information content (AvgIpc) is 2.43. The highest BCUT2D eigenvalue weighted by molar-refractivity contribution is 6.31. The van der Waals surface area contributed by atoms with E-state index in [1.54, 1.807) is 12.1 Å². The highest BCUT2D eigenvalue weighted by atomic mass is 35.5. The molecule has 21 heavy (non-hydrogen) atoms. The molecule has 1 aromatic carbocycles. The van der Waals surface area contributed by atoms with Gasteiger partial charge < -0.3 is 26.2 Å². The summed E-state index contributed by atoms with van der Waals surface area (Å²) in [5.74, 6) is -1.14. The van der Waals surface area contributed by atoms with Crippen LogP contribution in [0, 0.1) is 0 Å². The minimum atomic E-state index is -1.11. The Balaban J connectivity index is 2.71. The van der Waals surface area contributed by atoms with Crippen LogP contribution < -0.4 is 21.1 Å². The number of nitrogens with one attached hydrogen (secondary N) is 2. The summed E-state index contributed by atoms with van der Waals surface area (Å²) in [4.78, 5) is 23.0. The largest absolute Gasteiger partial charge is 0.495 e. The van der Waals surface area contributed by atoms with Gasteiger partial charge in [0.2, 0.25) is 5.91 Å². The van der Waals surface area contributed by atoms with Crippen molar-refractivity contribution in [2.75, 3.05) is 25.5 Å². The van der Waals surface area contributed by atoms with Gasteiger partial charge in [0.1, 0.15) is 11.8 Å². The zero-order valence-corrected chi connectivity index (χ0v) is 12.3. The molecule has 116 valence electrons. The van der Waals surface area contributed by atoms with Crippen LogP contribution in [0.5, 0.6) is 5.75 Å². The van der Waals surface area contributed by atoms with E-state index in [1.807, 2.05) is 0 Å². The standard InChI is InChI=1S/C13H18ClN3O4/c1-21-11-3-2-8(14)6-9(11)17-12(18)7-10(13(19)20)16-5-4-15/h2-3,6,10,16H,4-5,7,15H2,1H3,(H,17,18)(H,19,20)/t10-/m0/s1. The summed E-state index contributed by atoms with van der Waals surface area (Å²) in [6.45, 7) is 0.595. The van der Waals surface area contributed by atoms with Crippen molar-refractivity contribution in [2.24, 2.45) is 5.73 Å². The van der Waals surface area contributed by atoms with E-state index in [4.69, 9.17) is 27.2 Å². The molecule has 8 heteroatoms. The van der Waals surface area contributed by atoms with Crippen LogP contribution in [-0.2, 0) is 9.59 Å². The van der Waals surface area contributed by atoms with Crippen LogP contribution in [0.15, 0.2) is 18.2 Å². The van der Waals surface area contributed by atoms with Crippen molar-refractivity contribution < 1.29 is 19.4 Å². The Morgan fingerprint density at radius 1 is 1.48 bits per heavy atom. The Morgan fingerprint density at radius 2 is 2.19 bits per heavy atom. The predicted octanol–water partition coefficient (Wildman–Crippen LogP) is 0.679. The fraction of sp³-hybridized carbons (Fsp3) is 0.385. The number of nitrogens with two attached hydrogens (primary N) is 1. The maximum absolute atomic E-state index is 11.9. The van der Waals surface area contributed by atoms with Crippen LogP contribution in [0.4, 0.5) is 5.69 Å². The molecule has 0 spiro atoms. The molecule has 0 fully saturated rings. The van der Waals surface area contributed by atoms with Gasteiger partial charge in [0, 0.05) is 18.1 Å². The van der Waals surface area contributed by atoms with E-state index in [2.05, 4.69) is 10.6 Å². The van der Waals surface area contributed by atoms with Gasteiger partial charge in [-0.05, 0) is 18.2 Å². The third-order valence-corrected chi connectivity index (χ3v) is 2.89. The van der Waals surface area contributed by atoms with Crippen molar-refractivity contribution in [2.45, 2.75) is 12.5 Å². The summed E-state index contributed by atoms with van der Waals surface area (Å²) in [5.41, 5.74) is 5.69. The van der Waals surface area contributed by atoms with Crippen LogP contribution in [0.3, 0.4) is 0 Å². The summed E-state index contributed by atoms with van der Waals surface area (Å²) in [5, 5.41) is 14.7. The van der Waals surface area contributed by atoms with Crippen LogP contribution in [-0.4, -0.2) is 43.2 Å². The highest BCUT2D eigenvalue weighted by Crippen LogP contribution is 2.27. The van der Waals surface area contributed by atoms with Gasteiger partial charge in [0.25, 0.3) is 0 Å². The van der Waals surface area contributed by atoms with Gasteiger partial charge in [-0.1, -0.05) is 11.6 Å². The Kier molecular flexibility index (Phi) is 6.93. The average molecular weight is 316 g/mol. The number of hydrogen-bond donors (Lipinski definition) is 4. The summed E-state index contributed by atoms with van der Waals surface area (Å²) < 4.78 is 5.10. The summed E-state index contributed by atoms with van der Waals surface area (Å²) in [6, 6.07) is 3.76. The molecule has 1 rings (SSSR count). The molecular formula is C13H18ClN3O4. The molecule has 0 aliphatic carbocycles. The smallest absolute Gasteiger partial charge is 0.321 e. The molecule has 0 aliphatic rings. The maximum atomic E-state index is 11.9. The van der Waals surface area contributed by atoms with Crippen molar-refractivity contribution in [1.29, 1.82) is 0 Å². The van der Waals surface area contributed by atoms with Crippen molar-refractivity contribution in [1.82, 2.24) is 5.32 Å². The lowest BCUT2D eigenvalue weighted by atomic mass is 10.2. The minimum absolute atomic E-state index is 0.231. The fourth-order valence-electron chi connectivity index (χ4n) is 1.67. The number of benzene rings is 1. The van der Waals surface area contributed by atoms with Crippen LogP contribution in [0.25, 0.3) is 0 Å². The van der Waals surface area contributed by atoms with Crippen molar-refractivity contribution in [3.63, 3.8) is 0 Å². The van der Waals surface area contributed by atoms with Gasteiger partial charge in [-0.15, -0.1) is 0 Å². The lowest BCUT2D eigenvalue weighted by Crippen LogP contribution is -2.41. The number of carboxylic acid groups (broad SMARTS) is 1. The second-order valence-corrected chi connectivity index (χ2v) is 4.67. The first-order chi connectivity index (χ1) is 9.97. The second kappa shape index (κ2) is 8.46. The number of rotatable bonds is 8. The summed E-state index contributed by atoms with van der Waals surface area (Å²) >= 11 is 5.85. The number of hydrogen-bond acceptors (Lipinski definition) is 5. The van der Waals surface area contributed by atoms with E-state index in [9.17, 15) is 9.59 Å². The fourth-order valence-corrected chi connectivity index (χ4v) is 1.84. The number of carboxylic acids is 1. The van der Waals surface area contributed by atoms with Crippen molar-refractivity contribution >= 4 is 29.2 Å². The van der Waals surface area contributed by atoms with Gasteiger partial charge in [-0.25, -0.2) is 0 Å². The topological polar surface area (TPSA) is 114 Å². The zero-order chi connectivity index (χ0) is 15.8. The van der Waals surface area contributed by atoms with E-state index in [-0.39, 0.29) is 13.0 Å². The zero-order valence-electron chi connectivity index (χ0n) is 11.6. The number of anilines is 1. The van der Waals surface area contributed by atoms with Gasteiger partial charge >= 0.3 is 5.97 Å². The van der Waals surface area contributed by atoms with Gasteiger partial charge in [0.15, 0.2) is 0 Å². The normalized spacial score (nSPS) is 11.8. The van der Waals surface area contributed by atoms with E-state index < -0.39 is 17.9 Å². The number of halogens is 1. The number of methoxy groups -OCH3 is 1. The second-order valence-electron chi connectivity index (χ2n) is 4.23. The van der Waals surface area contributed by atoms with Gasteiger partial charge in [-0.3, -0.25) is 9.59 Å². The number of ether oxygens (including phenoxy) is 1. The van der Waals surface area contributed by atoms with E-state index in [0.717, 1.165) is 0 Å². The number of amides is 1. The lowest BCUT2D eigenvalue weighted by Gasteiger charge is -2.15. The molecule has 0 saturated heterocycles. The summed E-state index contributed by atoms with van der Waals surface area (Å²) in [7, 11) is 1.46. The minimum Gasteiger partial charge on any atom is -0.495 e. The molecular weight excluding hydrogens is 298 g/mol. The molecule has 0 heterocycles. The monoisotopic (exact) mass is 315 g/mol. The molecule has 1 aromatic rings. The molecule has 1 amide bonds. The quantitative estimate of drug-likeness (QED) is 0.561. The molecule has 7 nitrogen and oxygen atoms in total. The number of carbonyl (C=O) groups is 2. The first kappa shape index (κ1) is 17.2. The Hall–Kier alpha value is -1.83. The Morgan fingerprint density at radius 3 is 2.76 bits per heavy atom. The van der Waals surface area contributed by atoms with Crippen LogP contribution >= 0.6 is 11.6 Å². The lowest BCUT2D eigenvalue weighted by molar-refractivity contribution is -0.141. The SMILES string of the molecule is COc1ccc(Cl)cc1NC(=O)C[C@H](NCCN)C(=O)O. The Labute approximate surface area is 127 Å². The predicted molar refractivity (Wildman–Crippen MR) is 79.7 cm³/mol. The van der Waals surface area contributed by atoms with E-state index in [1.165, 1.54) is 13.2 Å². The summed E-state index contributed by atoms with van der Waals surface area (Å²) in [6.07, 6.45) is -0.231. The molecule has 5 N–H and O–H groups in total. The molecule has 0 aliphatic heterocycles. The third kappa shape index (κ3) is 5.58. The van der Waals surface area contributed by atoms with E-state index in [0.29, 0.717) is 23.0 Å². The van der Waals surface area contributed by atoms with Crippen molar-refractivity contribution in [3.05, 3.63) is 23.2 Å². The number of carbonyl (C=O) groups excluding carboxylic acids is 1. The van der Waals surface area contributed by atoms with Crippen LogP contribution in [0.1, 0.15) is 6.42 Å². The molecule has 0 unspecified atom stereocenters. The first-order valence-electron chi connectivity index (χ1n) is 6.27. The molecule has 0 saturated carbocycles. The number of aliphatic carboxylic acids is 1. The molecule has 0 aromatic heterocycles.